The van der Waals surface area contributed by atoms with Gasteiger partial charge in [0.1, 0.15) is 12.4 Å². The predicted molar refractivity (Wildman–Crippen MR) is 185 cm³/mol. The molecule has 3 aliphatic heterocycles. The molecule has 2 saturated heterocycles. The number of carbonyl (C=O) groups is 1. The molecular weight excluding hydrogens is 697 g/mol. The molecule has 0 aliphatic carbocycles. The number of rotatable bonds is 10. The fourth-order valence-corrected chi connectivity index (χ4v) is 7.81. The van der Waals surface area contributed by atoms with Gasteiger partial charge in [0, 0.05) is 59.0 Å². The fourth-order valence-electron chi connectivity index (χ4n) is 7.02. The molecule has 12 heteroatoms. The summed E-state index contributed by atoms with van der Waals surface area (Å²) in [6.07, 6.45) is 3.41. The largest absolute Gasteiger partial charge is 0.462 e. The Morgan fingerprint density at radius 1 is 1.15 bits per heavy atom. The highest BCUT2D eigenvalue weighted by Gasteiger charge is 2.34. The summed E-state index contributed by atoms with van der Waals surface area (Å²) in [5.41, 5.74) is 3.16. The molecule has 1 amide bonds. The van der Waals surface area contributed by atoms with E-state index < -0.39 is 6.10 Å². The summed E-state index contributed by atoms with van der Waals surface area (Å²) in [7, 11) is 0. The van der Waals surface area contributed by atoms with E-state index in [4.69, 9.17) is 14.7 Å². The van der Waals surface area contributed by atoms with Crippen LogP contribution in [0.2, 0.25) is 0 Å². The lowest BCUT2D eigenvalue weighted by atomic mass is 10.0. The van der Waals surface area contributed by atoms with Gasteiger partial charge in [-0.25, -0.2) is 0 Å². The van der Waals surface area contributed by atoms with Gasteiger partial charge in [0.25, 0.3) is 0 Å². The molecule has 2 N–H and O–H groups in total. The smallest absolute Gasteiger partial charge is 0.318 e. The number of carbonyl (C=O) groups excluding carboxylic acids is 1. The Kier molecular flexibility index (Phi) is 10.2. The highest BCUT2D eigenvalue weighted by atomic mass is 127. The predicted octanol–water partition coefficient (Wildman–Crippen LogP) is 3.11. The van der Waals surface area contributed by atoms with Gasteiger partial charge in [-0.05, 0) is 72.0 Å². The van der Waals surface area contributed by atoms with Crippen molar-refractivity contribution in [2.75, 3.05) is 62.3 Å². The van der Waals surface area contributed by atoms with Crippen LogP contribution in [0, 0.1) is 14.9 Å². The first-order chi connectivity index (χ1) is 22.4. The lowest BCUT2D eigenvalue weighted by Crippen LogP contribution is -2.55. The van der Waals surface area contributed by atoms with Crippen LogP contribution >= 0.6 is 22.6 Å². The molecule has 1 unspecified atom stereocenters. The number of aliphatic hydroxyl groups excluding tert-OH is 2. The van der Waals surface area contributed by atoms with Crippen LogP contribution < -0.4 is 14.5 Å². The van der Waals surface area contributed by atoms with E-state index in [1.807, 2.05) is 0 Å². The monoisotopic (exact) mass is 737 g/mol. The zero-order chi connectivity index (χ0) is 32.2. The Morgan fingerprint density at radius 2 is 1.98 bits per heavy atom. The van der Waals surface area contributed by atoms with Crippen molar-refractivity contribution in [3.63, 3.8) is 0 Å². The Morgan fingerprint density at radius 3 is 2.76 bits per heavy atom. The maximum absolute atomic E-state index is 12.6. The number of aliphatic hydroxyl groups is 2. The summed E-state index contributed by atoms with van der Waals surface area (Å²) < 4.78 is 7.53. The van der Waals surface area contributed by atoms with Crippen molar-refractivity contribution in [1.29, 1.82) is 5.26 Å². The number of piperazine rings is 1. The summed E-state index contributed by atoms with van der Waals surface area (Å²) in [5, 5.41) is 31.4. The van der Waals surface area contributed by atoms with Crippen molar-refractivity contribution in [3.05, 3.63) is 63.9 Å². The molecular formula is C34H40IN7O4. The van der Waals surface area contributed by atoms with Crippen LogP contribution in [-0.4, -0.2) is 107 Å². The molecule has 6 rings (SSSR count). The second-order valence-electron chi connectivity index (χ2n) is 12.2. The SMILES string of the molecule is C=CC(=O)N1CCN(c2nc(OC[C@@H]3CCCN3CC(O)CO)nc3c2CCN(c2cccc4cccc(I)c24)C3)C[C@@H]1CC#N. The van der Waals surface area contributed by atoms with Crippen LogP contribution in [0.4, 0.5) is 11.5 Å². The molecule has 4 heterocycles. The van der Waals surface area contributed by atoms with E-state index in [0.29, 0.717) is 45.3 Å². The Balaban J connectivity index is 1.31. The molecule has 3 atom stereocenters. The number of halogens is 1. The van der Waals surface area contributed by atoms with Crippen molar-refractivity contribution >= 4 is 50.8 Å². The number of nitriles is 1. The van der Waals surface area contributed by atoms with Gasteiger partial charge in [0.05, 0.1) is 43.5 Å². The van der Waals surface area contributed by atoms with Crippen LogP contribution in [0.3, 0.4) is 0 Å². The number of likely N-dealkylation sites (tertiary alicyclic amines) is 1. The minimum absolute atomic E-state index is 0.0898. The van der Waals surface area contributed by atoms with Gasteiger partial charge < -0.3 is 29.6 Å². The number of amides is 1. The Hall–Kier alpha value is -3.51. The molecule has 0 saturated carbocycles. The number of fused-ring (bicyclic) bond motifs is 2. The molecule has 46 heavy (non-hydrogen) atoms. The lowest BCUT2D eigenvalue weighted by molar-refractivity contribution is -0.128. The summed E-state index contributed by atoms with van der Waals surface area (Å²) in [6.45, 7) is 7.92. The summed E-state index contributed by atoms with van der Waals surface area (Å²) in [4.78, 5) is 31.0. The number of β-amino-alcohol motifs (C(OH)–C–C–N with tert-alkyl or cyclic N) is 1. The van der Waals surface area contributed by atoms with Gasteiger partial charge in [-0.3, -0.25) is 9.69 Å². The fraction of sp³-hybridized carbons (Fsp3) is 0.471. The highest BCUT2D eigenvalue weighted by Crippen LogP contribution is 2.36. The maximum Gasteiger partial charge on any atom is 0.318 e. The van der Waals surface area contributed by atoms with Crippen LogP contribution in [0.25, 0.3) is 10.8 Å². The van der Waals surface area contributed by atoms with E-state index in [1.54, 1.807) is 4.90 Å². The van der Waals surface area contributed by atoms with Crippen molar-refractivity contribution in [2.45, 2.75) is 50.4 Å². The molecule has 2 fully saturated rings. The molecule has 242 valence electrons. The van der Waals surface area contributed by atoms with E-state index in [1.165, 1.54) is 26.1 Å². The van der Waals surface area contributed by atoms with Crippen molar-refractivity contribution in [3.8, 4) is 12.1 Å². The van der Waals surface area contributed by atoms with Crippen LogP contribution in [0.1, 0.15) is 30.5 Å². The molecule has 3 aliphatic rings. The molecule has 0 radical (unpaired) electrons. The number of benzene rings is 2. The van der Waals surface area contributed by atoms with Crippen LogP contribution in [-0.2, 0) is 17.8 Å². The first-order valence-corrected chi connectivity index (χ1v) is 17.0. The quantitative estimate of drug-likeness (QED) is 0.237. The highest BCUT2D eigenvalue weighted by molar-refractivity contribution is 14.1. The average molecular weight is 738 g/mol. The first kappa shape index (κ1) is 32.4. The third kappa shape index (κ3) is 6.78. The second kappa shape index (κ2) is 14.5. The molecule has 11 nitrogen and oxygen atoms in total. The normalized spacial score (nSPS) is 20.8. The average Bonchev–Trinajstić information content (AvgIpc) is 3.52. The van der Waals surface area contributed by atoms with E-state index in [2.05, 4.69) is 86.3 Å². The number of ether oxygens (including phenoxy) is 1. The van der Waals surface area contributed by atoms with Gasteiger partial charge in [-0.2, -0.15) is 15.2 Å². The van der Waals surface area contributed by atoms with E-state index in [9.17, 15) is 20.3 Å². The Bertz CT molecular complexity index is 1630. The zero-order valence-electron chi connectivity index (χ0n) is 25.9. The lowest BCUT2D eigenvalue weighted by Gasteiger charge is -2.42. The van der Waals surface area contributed by atoms with Gasteiger partial charge >= 0.3 is 6.01 Å². The topological polar surface area (TPSA) is 129 Å². The summed E-state index contributed by atoms with van der Waals surface area (Å²) in [5.74, 6) is 0.640. The van der Waals surface area contributed by atoms with Crippen LogP contribution in [0.15, 0.2) is 49.1 Å². The zero-order valence-corrected chi connectivity index (χ0v) is 28.0. The standard InChI is InChI=1S/C34H40IN7O4/c1-2-31(45)42-17-16-41(18-24(42)11-13-36)33-27-12-15-40(30-10-4-7-23-6-3-9-28(35)32(23)30)20-29(27)37-34(38-33)46-22-25-8-5-14-39(25)19-26(44)21-43/h2-4,6-7,9-10,24-26,43-44H,1,5,8,11-12,14-22H2/t24-,25-,26?/m0/s1. The molecule has 0 bridgehead atoms. The van der Waals surface area contributed by atoms with Crippen molar-refractivity contribution in [2.24, 2.45) is 0 Å². The summed E-state index contributed by atoms with van der Waals surface area (Å²) in [6, 6.07) is 15.2. The second-order valence-corrected chi connectivity index (χ2v) is 13.3. The van der Waals surface area contributed by atoms with E-state index in [-0.39, 0.29) is 31.0 Å². The van der Waals surface area contributed by atoms with E-state index in [0.717, 1.165) is 49.4 Å². The number of hydrogen-bond acceptors (Lipinski definition) is 10. The van der Waals surface area contributed by atoms with Gasteiger partial charge in [0.2, 0.25) is 5.91 Å². The molecule has 2 aromatic carbocycles. The van der Waals surface area contributed by atoms with Crippen LogP contribution in [0.5, 0.6) is 6.01 Å². The molecule has 3 aromatic rings. The van der Waals surface area contributed by atoms with Gasteiger partial charge in [0.15, 0.2) is 0 Å². The van der Waals surface area contributed by atoms with Gasteiger partial charge in [-0.15, -0.1) is 0 Å². The van der Waals surface area contributed by atoms with Gasteiger partial charge in [-0.1, -0.05) is 30.8 Å². The number of nitrogens with zero attached hydrogens (tertiary/aromatic N) is 7. The summed E-state index contributed by atoms with van der Waals surface area (Å²) >= 11 is 2.41. The Labute approximate surface area is 283 Å². The first-order valence-electron chi connectivity index (χ1n) is 15.9. The number of anilines is 2. The van der Waals surface area contributed by atoms with Crippen molar-refractivity contribution in [1.82, 2.24) is 19.8 Å². The third-order valence-corrected chi connectivity index (χ3v) is 10.2. The molecule has 1 aromatic heterocycles. The third-order valence-electron chi connectivity index (χ3n) is 9.32. The number of hydrogen-bond donors (Lipinski definition) is 2. The van der Waals surface area contributed by atoms with E-state index >= 15 is 0 Å². The minimum Gasteiger partial charge on any atom is -0.462 e. The van der Waals surface area contributed by atoms with Crippen molar-refractivity contribution < 1.29 is 19.7 Å². The minimum atomic E-state index is -0.789. The maximum atomic E-state index is 12.6. The molecule has 0 spiro atoms. The number of aromatic nitrogens is 2.